The van der Waals surface area contributed by atoms with Crippen LogP contribution < -0.4 is 5.73 Å². The van der Waals surface area contributed by atoms with Crippen LogP contribution in [-0.4, -0.2) is 17.0 Å². The van der Waals surface area contributed by atoms with Crippen molar-refractivity contribution >= 4 is 28.2 Å². The van der Waals surface area contributed by atoms with Crippen LogP contribution in [0.1, 0.15) is 5.56 Å². The Morgan fingerprint density at radius 2 is 1.46 bits per heavy atom. The van der Waals surface area contributed by atoms with Crippen LogP contribution in [0.2, 0.25) is 0 Å². The third-order valence-corrected chi connectivity index (χ3v) is 4.37. The maximum atomic E-state index is 11.8. The minimum atomic E-state index is -1.20. The van der Waals surface area contributed by atoms with Gasteiger partial charge in [0.1, 0.15) is 0 Å². The van der Waals surface area contributed by atoms with Gasteiger partial charge in [0.25, 0.3) is 0 Å². The summed E-state index contributed by atoms with van der Waals surface area (Å²) in [6, 6.07) is 17.6. The lowest BCUT2D eigenvalue weighted by Gasteiger charge is -2.10. The van der Waals surface area contributed by atoms with Gasteiger partial charge < -0.3 is 10.8 Å². The van der Waals surface area contributed by atoms with Gasteiger partial charge in [-0.25, -0.2) is 4.79 Å². The average Bonchev–Trinajstić information content (AvgIpc) is 2.90. The summed E-state index contributed by atoms with van der Waals surface area (Å²) in [7, 11) is 0. The molecule has 0 radical (unpaired) electrons. The summed E-state index contributed by atoms with van der Waals surface area (Å²) in [6.07, 6.45) is 0.870. The minimum absolute atomic E-state index is 0.00200. The predicted octanol–water partition coefficient (Wildman–Crippen LogP) is 3.44. The number of fused-ring (bicyclic) bond motifs is 3. The van der Waals surface area contributed by atoms with E-state index in [0.717, 1.165) is 39.1 Å². The molecule has 4 rings (SSSR count). The van der Waals surface area contributed by atoms with Gasteiger partial charge in [-0.15, -0.1) is 0 Å². The number of hydrogen-bond acceptors (Lipinski definition) is 2. The molecule has 0 spiro atoms. The molecule has 0 bridgehead atoms. The lowest BCUT2D eigenvalue weighted by molar-refractivity contribution is -0.131. The Balaban J connectivity index is 2.09. The molecule has 1 aliphatic carbocycles. The van der Waals surface area contributed by atoms with Crippen LogP contribution in [0.5, 0.6) is 0 Å². The molecule has 0 aliphatic heterocycles. The number of nitrogens with two attached hydrogens (primary N) is 1. The van der Waals surface area contributed by atoms with Crippen LogP contribution >= 0.6 is 0 Å². The summed E-state index contributed by atoms with van der Waals surface area (Å²) in [6.45, 7) is 0. The van der Waals surface area contributed by atoms with E-state index >= 15 is 0 Å². The van der Waals surface area contributed by atoms with E-state index in [1.54, 1.807) is 6.07 Å². The summed E-state index contributed by atoms with van der Waals surface area (Å²) in [5, 5.41) is 10.9. The maximum Gasteiger partial charge on any atom is 0.329 e. The number of primary amides is 1. The van der Waals surface area contributed by atoms with E-state index in [1.165, 1.54) is 0 Å². The van der Waals surface area contributed by atoms with Crippen molar-refractivity contribution < 1.29 is 14.7 Å². The van der Waals surface area contributed by atoms with E-state index < -0.39 is 11.9 Å². The zero-order valence-corrected chi connectivity index (χ0v) is 12.6. The van der Waals surface area contributed by atoms with Gasteiger partial charge in [0.15, 0.2) is 0 Å². The molecule has 3 N–H and O–H groups in total. The molecule has 3 aromatic rings. The summed E-state index contributed by atoms with van der Waals surface area (Å²) in [4.78, 5) is 22.8. The van der Waals surface area contributed by atoms with Crippen LogP contribution in [0.25, 0.3) is 38.6 Å². The first kappa shape index (κ1) is 14.2. The van der Waals surface area contributed by atoms with Crippen molar-refractivity contribution in [1.82, 2.24) is 0 Å². The third kappa shape index (κ3) is 1.93. The number of carboxylic acids is 1. The zero-order chi connectivity index (χ0) is 16.8. The van der Waals surface area contributed by atoms with Gasteiger partial charge in [0, 0.05) is 6.08 Å². The van der Waals surface area contributed by atoms with Crippen molar-refractivity contribution in [2.45, 2.75) is 0 Å². The van der Waals surface area contributed by atoms with Crippen LogP contribution in [-0.2, 0) is 9.59 Å². The smallest absolute Gasteiger partial charge is 0.329 e. The van der Waals surface area contributed by atoms with Gasteiger partial charge >= 0.3 is 5.97 Å². The number of carbonyl (C=O) groups is 2. The van der Waals surface area contributed by atoms with Gasteiger partial charge in [-0.1, -0.05) is 54.6 Å². The van der Waals surface area contributed by atoms with Crippen molar-refractivity contribution in [2.24, 2.45) is 5.73 Å². The molecule has 0 unspecified atom stereocenters. The molecule has 0 aromatic heterocycles. The fraction of sp³-hybridized carbons (Fsp3) is 0. The van der Waals surface area contributed by atoms with Gasteiger partial charge in [-0.2, -0.15) is 0 Å². The standard InChI is InChI=1S/C20H13NO3/c21-20(24)17(10-18(22)23)13-8-9-16-12-5-2-1-4-11(12)14-6-3-7-15(13)19(14)16/h1-10H,(H2,21,24)(H,22,23). The van der Waals surface area contributed by atoms with E-state index in [0.29, 0.717) is 5.56 Å². The molecule has 0 atom stereocenters. The van der Waals surface area contributed by atoms with Crippen molar-refractivity contribution in [3.63, 3.8) is 0 Å². The van der Waals surface area contributed by atoms with E-state index in [1.807, 2.05) is 36.4 Å². The first-order chi connectivity index (χ1) is 11.6. The van der Waals surface area contributed by atoms with Gasteiger partial charge in [0.2, 0.25) is 5.91 Å². The summed E-state index contributed by atoms with van der Waals surface area (Å²) in [5.41, 5.74) is 10.4. The highest BCUT2D eigenvalue weighted by Crippen LogP contribution is 2.48. The van der Waals surface area contributed by atoms with E-state index in [2.05, 4.69) is 12.1 Å². The Morgan fingerprint density at radius 1 is 0.833 bits per heavy atom. The Hall–Kier alpha value is -3.40. The molecule has 1 amide bonds. The Bertz CT molecular complexity index is 1030. The highest BCUT2D eigenvalue weighted by Gasteiger charge is 2.23. The molecular weight excluding hydrogens is 302 g/mol. The topological polar surface area (TPSA) is 80.4 Å². The Labute approximate surface area is 137 Å². The second kappa shape index (κ2) is 5.06. The molecule has 4 nitrogen and oxygen atoms in total. The summed E-state index contributed by atoms with van der Waals surface area (Å²) >= 11 is 0. The Kier molecular flexibility index (Phi) is 3.00. The fourth-order valence-corrected chi connectivity index (χ4v) is 3.45. The largest absolute Gasteiger partial charge is 0.478 e. The fourth-order valence-electron chi connectivity index (χ4n) is 3.45. The molecule has 3 aromatic carbocycles. The van der Waals surface area contributed by atoms with Crippen LogP contribution in [0, 0.1) is 0 Å². The van der Waals surface area contributed by atoms with Crippen molar-refractivity contribution in [3.05, 3.63) is 66.2 Å². The highest BCUT2D eigenvalue weighted by molar-refractivity contribution is 6.27. The third-order valence-electron chi connectivity index (χ3n) is 4.37. The monoisotopic (exact) mass is 315 g/mol. The van der Waals surface area contributed by atoms with Crippen LogP contribution in [0.15, 0.2) is 60.7 Å². The molecule has 0 saturated carbocycles. The number of carbonyl (C=O) groups excluding carboxylic acids is 1. The number of rotatable bonds is 3. The van der Waals surface area contributed by atoms with Gasteiger partial charge in [0.05, 0.1) is 5.57 Å². The van der Waals surface area contributed by atoms with E-state index in [9.17, 15) is 9.59 Å². The molecule has 0 saturated heterocycles. The van der Waals surface area contributed by atoms with E-state index in [-0.39, 0.29) is 5.57 Å². The molecular formula is C20H13NO3. The SMILES string of the molecule is NC(=O)C(=CC(=O)O)c1ccc2c3c(cccc13)-c1ccccc1-2. The number of aliphatic carboxylic acids is 1. The minimum Gasteiger partial charge on any atom is -0.478 e. The molecule has 4 heteroatoms. The summed E-state index contributed by atoms with van der Waals surface area (Å²) < 4.78 is 0. The van der Waals surface area contributed by atoms with Crippen LogP contribution in [0.4, 0.5) is 0 Å². The molecule has 0 heterocycles. The van der Waals surface area contributed by atoms with Gasteiger partial charge in [-0.05, 0) is 38.6 Å². The zero-order valence-electron chi connectivity index (χ0n) is 12.6. The highest BCUT2D eigenvalue weighted by atomic mass is 16.4. The second-order valence-corrected chi connectivity index (χ2v) is 5.69. The number of benzene rings is 3. The maximum absolute atomic E-state index is 11.8. The van der Waals surface area contributed by atoms with Crippen LogP contribution in [0.3, 0.4) is 0 Å². The number of carboxylic acid groups (broad SMARTS) is 1. The van der Waals surface area contributed by atoms with Crippen molar-refractivity contribution in [1.29, 1.82) is 0 Å². The normalized spacial score (nSPS) is 12.2. The van der Waals surface area contributed by atoms with Crippen molar-refractivity contribution in [3.8, 4) is 22.3 Å². The number of amides is 1. The first-order valence-corrected chi connectivity index (χ1v) is 7.48. The lowest BCUT2D eigenvalue weighted by Crippen LogP contribution is -2.14. The average molecular weight is 315 g/mol. The summed E-state index contributed by atoms with van der Waals surface area (Å²) in [5.74, 6) is -1.95. The molecule has 1 aliphatic rings. The number of hydrogen-bond donors (Lipinski definition) is 2. The molecule has 116 valence electrons. The molecule has 0 fully saturated rings. The lowest BCUT2D eigenvalue weighted by atomic mass is 9.94. The predicted molar refractivity (Wildman–Crippen MR) is 93.2 cm³/mol. The molecule has 24 heavy (non-hydrogen) atoms. The second-order valence-electron chi connectivity index (χ2n) is 5.69. The first-order valence-electron chi connectivity index (χ1n) is 7.48. The quantitative estimate of drug-likeness (QED) is 0.568. The van der Waals surface area contributed by atoms with Gasteiger partial charge in [-0.3, -0.25) is 4.79 Å². The van der Waals surface area contributed by atoms with E-state index in [4.69, 9.17) is 10.8 Å². The van der Waals surface area contributed by atoms with Crippen molar-refractivity contribution in [2.75, 3.05) is 0 Å². The Morgan fingerprint density at radius 3 is 2.08 bits per heavy atom.